The molecule has 0 amide bonds. The minimum Gasteiger partial charge on any atom is -0.475 e. The molecule has 0 spiro atoms. The summed E-state index contributed by atoms with van der Waals surface area (Å²) in [4.78, 5) is 34.4. The number of carbonyl (C=O) groups excluding carboxylic acids is 1. The third-order valence-electron chi connectivity index (χ3n) is 3.41. The van der Waals surface area contributed by atoms with E-state index < -0.39 is 12.1 Å². The molecular weight excluding hydrogens is 333 g/mol. The molecule has 1 unspecified atom stereocenters. The van der Waals surface area contributed by atoms with Gasteiger partial charge >= 0.3 is 12.1 Å². The van der Waals surface area contributed by atoms with Crippen LogP contribution in [0.4, 0.5) is 13.2 Å². The highest BCUT2D eigenvalue weighted by Crippen LogP contribution is 2.15. The van der Waals surface area contributed by atoms with E-state index in [9.17, 15) is 22.8 Å². The van der Waals surface area contributed by atoms with E-state index in [0.717, 1.165) is 11.3 Å². The maximum Gasteiger partial charge on any atom is 0.490 e. The van der Waals surface area contributed by atoms with Crippen LogP contribution in [0.5, 0.6) is 0 Å². The van der Waals surface area contributed by atoms with Gasteiger partial charge < -0.3 is 15.4 Å². The fraction of sp³-hybridized carbons (Fsp3) is 0.385. The molecule has 8 nitrogen and oxygen atoms in total. The standard InChI is InChI=1S/C11H12N4O2.C2HF3O2/c1-6-2-8-9(4-12-6)15-10(14-11(8)17)7(5-16)3-13-15;3-2(4,5)1(6)7/h3,5-6,12H,2,4H2,1H3,(H,14,17);(H,6,7). The van der Waals surface area contributed by atoms with Crippen molar-refractivity contribution in [2.75, 3.05) is 0 Å². The SMILES string of the molecule is CC1Cc2c(n3ncc(C=O)c3[nH]c2=O)CN1.O=C(O)C(F)(F)F. The van der Waals surface area contributed by atoms with E-state index in [-0.39, 0.29) is 11.6 Å². The summed E-state index contributed by atoms with van der Waals surface area (Å²) >= 11 is 0. The summed E-state index contributed by atoms with van der Waals surface area (Å²) in [5.74, 6) is -2.76. The molecular formula is C13H13F3N4O4. The van der Waals surface area contributed by atoms with Gasteiger partial charge in [0.2, 0.25) is 0 Å². The number of fused-ring (bicyclic) bond motifs is 3. The number of aromatic nitrogens is 3. The molecule has 1 aliphatic heterocycles. The summed E-state index contributed by atoms with van der Waals surface area (Å²) < 4.78 is 33.4. The van der Waals surface area contributed by atoms with Gasteiger partial charge in [0.15, 0.2) is 6.29 Å². The highest BCUT2D eigenvalue weighted by molar-refractivity contribution is 5.83. The number of aliphatic carboxylic acids is 1. The van der Waals surface area contributed by atoms with Crippen molar-refractivity contribution in [2.45, 2.75) is 32.1 Å². The molecule has 0 saturated carbocycles. The summed E-state index contributed by atoms with van der Waals surface area (Å²) in [5.41, 5.74) is 2.35. The summed E-state index contributed by atoms with van der Waals surface area (Å²) in [6.07, 6.45) is -2.24. The van der Waals surface area contributed by atoms with Crippen LogP contribution >= 0.6 is 0 Å². The Labute approximate surface area is 132 Å². The second-order valence-electron chi connectivity index (χ2n) is 5.15. The molecule has 3 rings (SSSR count). The molecule has 3 N–H and O–H groups in total. The number of nitrogens with one attached hydrogen (secondary N) is 2. The first kappa shape index (κ1) is 17.7. The quantitative estimate of drug-likeness (QED) is 0.648. The highest BCUT2D eigenvalue weighted by atomic mass is 19.4. The van der Waals surface area contributed by atoms with Gasteiger partial charge in [0.25, 0.3) is 5.56 Å². The smallest absolute Gasteiger partial charge is 0.475 e. The van der Waals surface area contributed by atoms with E-state index in [0.29, 0.717) is 30.5 Å². The van der Waals surface area contributed by atoms with Gasteiger partial charge in [-0.05, 0) is 13.3 Å². The number of H-pyrrole nitrogens is 1. The fourth-order valence-electron chi connectivity index (χ4n) is 2.26. The molecule has 2 aromatic heterocycles. The normalized spacial score (nSPS) is 16.9. The average Bonchev–Trinajstić information content (AvgIpc) is 2.90. The van der Waals surface area contributed by atoms with Crippen LogP contribution in [0.2, 0.25) is 0 Å². The Kier molecular flexibility index (Phi) is 4.73. The molecule has 130 valence electrons. The Hall–Kier alpha value is -2.69. The summed E-state index contributed by atoms with van der Waals surface area (Å²) in [7, 11) is 0. The van der Waals surface area contributed by atoms with E-state index in [1.165, 1.54) is 6.20 Å². The number of rotatable bonds is 1. The first-order valence-electron chi connectivity index (χ1n) is 6.75. The van der Waals surface area contributed by atoms with Crippen molar-refractivity contribution in [1.82, 2.24) is 19.9 Å². The van der Waals surface area contributed by atoms with Crippen molar-refractivity contribution in [3.05, 3.63) is 33.4 Å². The van der Waals surface area contributed by atoms with Gasteiger partial charge in [0.1, 0.15) is 5.65 Å². The Morgan fingerprint density at radius 3 is 2.67 bits per heavy atom. The predicted octanol–water partition coefficient (Wildman–Crippen LogP) is 0.503. The van der Waals surface area contributed by atoms with Crippen molar-refractivity contribution in [3.63, 3.8) is 0 Å². The lowest BCUT2D eigenvalue weighted by Gasteiger charge is -2.22. The Morgan fingerprint density at radius 2 is 2.12 bits per heavy atom. The number of nitrogens with zero attached hydrogens (tertiary/aromatic N) is 2. The number of carbonyl (C=O) groups is 2. The van der Waals surface area contributed by atoms with Gasteiger partial charge in [0, 0.05) is 18.2 Å². The summed E-state index contributed by atoms with van der Waals surface area (Å²) in [6.45, 7) is 2.63. The fourth-order valence-corrected chi connectivity index (χ4v) is 2.26. The zero-order valence-corrected chi connectivity index (χ0v) is 12.3. The monoisotopic (exact) mass is 346 g/mol. The summed E-state index contributed by atoms with van der Waals surface area (Å²) in [6, 6.07) is 0.280. The van der Waals surface area contributed by atoms with Crippen molar-refractivity contribution >= 4 is 17.9 Å². The summed E-state index contributed by atoms with van der Waals surface area (Å²) in [5, 5.41) is 14.6. The largest absolute Gasteiger partial charge is 0.490 e. The van der Waals surface area contributed by atoms with Crippen LogP contribution in [0.25, 0.3) is 5.65 Å². The van der Waals surface area contributed by atoms with Crippen molar-refractivity contribution in [1.29, 1.82) is 0 Å². The predicted molar refractivity (Wildman–Crippen MR) is 74.9 cm³/mol. The number of aldehydes is 1. The van der Waals surface area contributed by atoms with Crippen LogP contribution < -0.4 is 10.9 Å². The Bertz CT molecular complexity index is 840. The van der Waals surface area contributed by atoms with E-state index in [4.69, 9.17) is 9.90 Å². The highest BCUT2D eigenvalue weighted by Gasteiger charge is 2.38. The van der Waals surface area contributed by atoms with Crippen LogP contribution in [-0.2, 0) is 17.8 Å². The molecule has 0 radical (unpaired) electrons. The number of alkyl halides is 3. The van der Waals surface area contributed by atoms with Gasteiger partial charge in [-0.15, -0.1) is 0 Å². The van der Waals surface area contributed by atoms with E-state index in [1.807, 2.05) is 6.92 Å². The van der Waals surface area contributed by atoms with Crippen LogP contribution in [0.3, 0.4) is 0 Å². The van der Waals surface area contributed by atoms with Gasteiger partial charge in [-0.3, -0.25) is 9.59 Å². The first-order chi connectivity index (χ1) is 11.1. The molecule has 1 atom stereocenters. The third-order valence-corrected chi connectivity index (χ3v) is 3.41. The van der Waals surface area contributed by atoms with Crippen LogP contribution in [0.15, 0.2) is 11.0 Å². The lowest BCUT2D eigenvalue weighted by atomic mass is 10.0. The zero-order chi connectivity index (χ0) is 18.1. The molecule has 0 saturated heterocycles. The molecule has 0 fully saturated rings. The van der Waals surface area contributed by atoms with Crippen LogP contribution in [0, 0.1) is 0 Å². The number of halogens is 3. The number of carboxylic acid groups (broad SMARTS) is 1. The van der Waals surface area contributed by atoms with Gasteiger partial charge in [0.05, 0.1) is 17.5 Å². The topological polar surface area (TPSA) is 117 Å². The molecule has 0 aliphatic carbocycles. The maximum atomic E-state index is 11.9. The molecule has 24 heavy (non-hydrogen) atoms. The van der Waals surface area contributed by atoms with Gasteiger partial charge in [-0.1, -0.05) is 0 Å². The third kappa shape index (κ3) is 3.45. The zero-order valence-electron chi connectivity index (χ0n) is 12.3. The minimum atomic E-state index is -5.08. The molecule has 11 heteroatoms. The van der Waals surface area contributed by atoms with E-state index >= 15 is 0 Å². The van der Waals surface area contributed by atoms with E-state index in [1.54, 1.807) is 4.52 Å². The average molecular weight is 346 g/mol. The Balaban J connectivity index is 0.000000256. The molecule has 1 aliphatic rings. The first-order valence-corrected chi connectivity index (χ1v) is 6.75. The lowest BCUT2D eigenvalue weighted by molar-refractivity contribution is -0.192. The van der Waals surface area contributed by atoms with Crippen LogP contribution in [0.1, 0.15) is 28.5 Å². The van der Waals surface area contributed by atoms with Crippen molar-refractivity contribution in [3.8, 4) is 0 Å². The van der Waals surface area contributed by atoms with E-state index in [2.05, 4.69) is 15.4 Å². The van der Waals surface area contributed by atoms with Crippen LogP contribution in [-0.4, -0.2) is 44.2 Å². The molecule has 0 bridgehead atoms. The molecule has 2 aromatic rings. The van der Waals surface area contributed by atoms with Crippen molar-refractivity contribution < 1.29 is 27.9 Å². The van der Waals surface area contributed by atoms with Gasteiger partial charge in [-0.2, -0.15) is 18.3 Å². The number of hydrogen-bond donors (Lipinski definition) is 3. The second kappa shape index (κ2) is 6.43. The Morgan fingerprint density at radius 1 is 1.50 bits per heavy atom. The molecule has 0 aromatic carbocycles. The number of hydrogen-bond acceptors (Lipinski definition) is 5. The van der Waals surface area contributed by atoms with Gasteiger partial charge in [-0.25, -0.2) is 9.31 Å². The lowest BCUT2D eigenvalue weighted by Crippen LogP contribution is -2.38. The number of aromatic amines is 1. The minimum absolute atomic E-state index is 0.121. The maximum absolute atomic E-state index is 11.9. The molecule has 3 heterocycles. The number of carboxylic acids is 1. The van der Waals surface area contributed by atoms with Crippen molar-refractivity contribution in [2.24, 2.45) is 0 Å². The second-order valence-corrected chi connectivity index (χ2v) is 5.15.